The summed E-state index contributed by atoms with van der Waals surface area (Å²) >= 11 is 0. The van der Waals surface area contributed by atoms with Gasteiger partial charge in [0.2, 0.25) is 0 Å². The fourth-order valence-corrected chi connectivity index (χ4v) is 2.89. The van der Waals surface area contributed by atoms with Gasteiger partial charge in [0.05, 0.1) is 11.1 Å². The number of imide groups is 1. The van der Waals surface area contributed by atoms with Crippen LogP contribution in [-0.4, -0.2) is 11.8 Å². The van der Waals surface area contributed by atoms with Crippen molar-refractivity contribution >= 4 is 22.6 Å². The Morgan fingerprint density at radius 1 is 0.714 bits per heavy atom. The molecule has 4 rings (SSSR count). The van der Waals surface area contributed by atoms with Crippen LogP contribution in [0.15, 0.2) is 60.7 Å². The minimum atomic E-state index is -0.320. The van der Waals surface area contributed by atoms with Crippen molar-refractivity contribution in [2.45, 2.75) is 0 Å². The van der Waals surface area contributed by atoms with Crippen molar-refractivity contribution < 1.29 is 9.59 Å². The third-order valence-electron chi connectivity index (χ3n) is 3.82. The molecule has 0 aliphatic carbocycles. The van der Waals surface area contributed by atoms with Crippen molar-refractivity contribution in [1.29, 1.82) is 0 Å². The van der Waals surface area contributed by atoms with Gasteiger partial charge in [0, 0.05) is 0 Å². The van der Waals surface area contributed by atoms with Crippen molar-refractivity contribution in [3.8, 4) is 11.1 Å². The second-order valence-corrected chi connectivity index (χ2v) is 5.04. The summed E-state index contributed by atoms with van der Waals surface area (Å²) in [5.41, 5.74) is 2.69. The maximum absolute atomic E-state index is 12.2. The molecule has 1 heterocycles. The number of carbonyl (C=O) groups is 2. The van der Waals surface area contributed by atoms with Crippen LogP contribution in [0.1, 0.15) is 20.7 Å². The van der Waals surface area contributed by atoms with E-state index in [2.05, 4.69) is 5.32 Å². The first-order valence-electron chi connectivity index (χ1n) is 6.72. The molecule has 21 heavy (non-hydrogen) atoms. The lowest BCUT2D eigenvalue weighted by Gasteiger charge is -2.09. The van der Waals surface area contributed by atoms with Crippen molar-refractivity contribution in [3.63, 3.8) is 0 Å². The number of hydrogen-bond donors (Lipinski definition) is 1. The van der Waals surface area contributed by atoms with Crippen LogP contribution >= 0.6 is 0 Å². The Kier molecular flexibility index (Phi) is 2.42. The first kappa shape index (κ1) is 11.9. The predicted molar refractivity (Wildman–Crippen MR) is 81.2 cm³/mol. The van der Waals surface area contributed by atoms with Gasteiger partial charge in [-0.3, -0.25) is 14.9 Å². The van der Waals surface area contributed by atoms with Gasteiger partial charge in [-0.25, -0.2) is 0 Å². The van der Waals surface area contributed by atoms with Gasteiger partial charge in [-0.05, 0) is 28.0 Å². The van der Waals surface area contributed by atoms with Gasteiger partial charge in [0.25, 0.3) is 11.8 Å². The molecule has 0 spiro atoms. The Morgan fingerprint density at radius 2 is 1.38 bits per heavy atom. The molecule has 1 aliphatic rings. The molecule has 0 unspecified atom stereocenters. The lowest BCUT2D eigenvalue weighted by Crippen LogP contribution is -2.20. The van der Waals surface area contributed by atoms with Gasteiger partial charge < -0.3 is 0 Å². The number of hydrogen-bond acceptors (Lipinski definition) is 2. The highest BCUT2D eigenvalue weighted by molar-refractivity contribution is 6.29. The van der Waals surface area contributed by atoms with Crippen LogP contribution in [0.25, 0.3) is 21.9 Å². The minimum absolute atomic E-state index is 0.316. The fraction of sp³-hybridized carbons (Fsp3) is 0. The van der Waals surface area contributed by atoms with Gasteiger partial charge in [-0.15, -0.1) is 0 Å². The summed E-state index contributed by atoms with van der Waals surface area (Å²) in [7, 11) is 0. The van der Waals surface area contributed by atoms with E-state index in [4.69, 9.17) is 0 Å². The summed E-state index contributed by atoms with van der Waals surface area (Å²) in [5.74, 6) is -0.636. The van der Waals surface area contributed by atoms with Gasteiger partial charge in [0.1, 0.15) is 0 Å². The molecule has 0 aromatic heterocycles. The quantitative estimate of drug-likeness (QED) is 0.691. The third kappa shape index (κ3) is 1.68. The molecular formula is C18H11NO2. The van der Waals surface area contributed by atoms with E-state index in [-0.39, 0.29) is 11.8 Å². The van der Waals surface area contributed by atoms with E-state index < -0.39 is 0 Å². The average molecular weight is 273 g/mol. The summed E-state index contributed by atoms with van der Waals surface area (Å²) in [6.45, 7) is 0. The van der Waals surface area contributed by atoms with Crippen LogP contribution in [0.5, 0.6) is 0 Å². The van der Waals surface area contributed by atoms with E-state index >= 15 is 0 Å². The van der Waals surface area contributed by atoms with Crippen LogP contribution in [0.4, 0.5) is 0 Å². The number of fused-ring (bicyclic) bond motifs is 3. The van der Waals surface area contributed by atoms with Crippen LogP contribution in [-0.2, 0) is 0 Å². The molecule has 2 amide bonds. The molecule has 0 saturated heterocycles. The largest absolute Gasteiger partial charge is 0.288 e. The second kappa shape index (κ2) is 4.28. The van der Waals surface area contributed by atoms with Crippen LogP contribution < -0.4 is 5.32 Å². The lowest BCUT2D eigenvalue weighted by molar-refractivity contribution is 0.0880. The van der Waals surface area contributed by atoms with Gasteiger partial charge >= 0.3 is 0 Å². The second-order valence-electron chi connectivity index (χ2n) is 5.04. The maximum Gasteiger partial charge on any atom is 0.259 e. The van der Waals surface area contributed by atoms with Crippen molar-refractivity contribution in [1.82, 2.24) is 5.32 Å². The molecule has 3 nitrogen and oxygen atoms in total. The highest BCUT2D eigenvalue weighted by atomic mass is 16.2. The summed E-state index contributed by atoms with van der Waals surface area (Å²) in [5, 5.41) is 4.18. The van der Waals surface area contributed by atoms with Crippen LogP contribution in [0.2, 0.25) is 0 Å². The van der Waals surface area contributed by atoms with E-state index in [1.807, 2.05) is 60.7 Å². The Morgan fingerprint density at radius 3 is 2.19 bits per heavy atom. The number of amides is 2. The molecule has 0 atom stereocenters. The van der Waals surface area contributed by atoms with E-state index in [0.717, 1.165) is 21.9 Å². The zero-order valence-corrected chi connectivity index (χ0v) is 11.1. The number of carbonyl (C=O) groups excluding carboxylic acids is 2. The van der Waals surface area contributed by atoms with Crippen molar-refractivity contribution in [2.24, 2.45) is 0 Å². The minimum Gasteiger partial charge on any atom is -0.288 e. The highest BCUT2D eigenvalue weighted by Gasteiger charge is 2.31. The Hall–Kier alpha value is -2.94. The van der Waals surface area contributed by atoms with Crippen LogP contribution in [0, 0.1) is 0 Å². The molecule has 3 aromatic carbocycles. The van der Waals surface area contributed by atoms with E-state index in [1.54, 1.807) is 0 Å². The average Bonchev–Trinajstić information content (AvgIpc) is 2.83. The normalized spacial score (nSPS) is 13.3. The molecule has 1 N–H and O–H groups in total. The molecular weight excluding hydrogens is 262 g/mol. The molecule has 100 valence electrons. The molecule has 1 aliphatic heterocycles. The smallest absolute Gasteiger partial charge is 0.259 e. The Labute approximate surface area is 121 Å². The van der Waals surface area contributed by atoms with Crippen molar-refractivity contribution in [2.75, 3.05) is 0 Å². The first-order valence-corrected chi connectivity index (χ1v) is 6.72. The molecule has 3 heteroatoms. The van der Waals surface area contributed by atoms with Crippen LogP contribution in [0.3, 0.4) is 0 Å². The summed E-state index contributed by atoms with van der Waals surface area (Å²) in [4.78, 5) is 24.3. The zero-order valence-electron chi connectivity index (χ0n) is 11.1. The summed E-state index contributed by atoms with van der Waals surface area (Å²) < 4.78 is 0. The van der Waals surface area contributed by atoms with E-state index in [1.165, 1.54) is 0 Å². The highest BCUT2D eigenvalue weighted by Crippen LogP contribution is 2.35. The standard InChI is InChI=1S/C18H11NO2/c20-17-15-13-9-5-4-8-12(13)10-14(16(15)18(21)19-17)11-6-2-1-3-7-11/h1-10H,(H,19,20,21). The number of benzene rings is 3. The maximum atomic E-state index is 12.2. The van der Waals surface area contributed by atoms with Gasteiger partial charge in [0.15, 0.2) is 0 Å². The summed E-state index contributed by atoms with van der Waals surface area (Å²) in [6, 6.07) is 19.3. The van der Waals surface area contributed by atoms with Crippen molar-refractivity contribution in [3.05, 3.63) is 71.8 Å². The van der Waals surface area contributed by atoms with Gasteiger partial charge in [-0.1, -0.05) is 54.6 Å². The topological polar surface area (TPSA) is 46.2 Å². The fourth-order valence-electron chi connectivity index (χ4n) is 2.89. The third-order valence-corrected chi connectivity index (χ3v) is 3.82. The zero-order chi connectivity index (χ0) is 14.4. The Bertz CT molecular complexity index is 898. The van der Waals surface area contributed by atoms with Gasteiger partial charge in [-0.2, -0.15) is 0 Å². The van der Waals surface area contributed by atoms with E-state index in [0.29, 0.717) is 11.1 Å². The predicted octanol–water partition coefficient (Wildman–Crippen LogP) is 3.39. The molecule has 0 fully saturated rings. The molecule has 3 aromatic rings. The Balaban J connectivity index is 2.16. The SMILES string of the molecule is O=C1NC(=O)c2c1c(-c1ccccc1)cc1ccccc21. The van der Waals surface area contributed by atoms with E-state index in [9.17, 15) is 9.59 Å². The molecule has 0 saturated carbocycles. The monoisotopic (exact) mass is 273 g/mol. The molecule has 0 bridgehead atoms. The number of nitrogens with one attached hydrogen (secondary N) is 1. The molecule has 0 radical (unpaired) electrons. The first-order chi connectivity index (χ1) is 10.3. The number of rotatable bonds is 1. The summed E-state index contributed by atoms with van der Waals surface area (Å²) in [6.07, 6.45) is 0. The lowest BCUT2D eigenvalue weighted by atomic mass is 9.91.